The number of anilines is 1. The minimum absolute atomic E-state index is 0.0510. The number of pyridine rings is 1. The highest BCUT2D eigenvalue weighted by Crippen LogP contribution is 2.37. The maximum Gasteiger partial charge on any atom is 0.412 e. The molecular weight excluding hydrogens is 470 g/mol. The van der Waals surface area contributed by atoms with Gasteiger partial charge in [0.05, 0.1) is 10.4 Å². The molecule has 1 aromatic heterocycles. The van der Waals surface area contributed by atoms with Crippen LogP contribution in [0.3, 0.4) is 0 Å². The van der Waals surface area contributed by atoms with E-state index in [2.05, 4.69) is 5.32 Å². The van der Waals surface area contributed by atoms with Crippen molar-refractivity contribution in [2.75, 3.05) is 5.32 Å². The molecule has 0 unspecified atom stereocenters. The van der Waals surface area contributed by atoms with Crippen molar-refractivity contribution in [3.63, 3.8) is 0 Å². The molecule has 35 heavy (non-hydrogen) atoms. The number of fused-ring (bicyclic) bond motifs is 1. The Labute approximate surface area is 205 Å². The van der Waals surface area contributed by atoms with Crippen molar-refractivity contribution in [2.24, 2.45) is 7.05 Å². The Morgan fingerprint density at radius 1 is 1.09 bits per heavy atom. The third-order valence-electron chi connectivity index (χ3n) is 5.76. The summed E-state index contributed by atoms with van der Waals surface area (Å²) < 4.78 is 6.78. The highest BCUT2D eigenvalue weighted by atomic mass is 35.5. The van der Waals surface area contributed by atoms with Gasteiger partial charge in [0, 0.05) is 40.7 Å². The average molecular weight is 492 g/mol. The van der Waals surface area contributed by atoms with Crippen molar-refractivity contribution < 1.29 is 14.5 Å². The van der Waals surface area contributed by atoms with Crippen LogP contribution >= 0.6 is 11.6 Å². The minimum atomic E-state index is -0.834. The number of amides is 1. The highest BCUT2D eigenvalue weighted by Gasteiger charge is 2.21. The van der Waals surface area contributed by atoms with Crippen LogP contribution in [0.5, 0.6) is 0 Å². The molecule has 0 fully saturated rings. The molecule has 4 rings (SSSR count). The Balaban J connectivity index is 1.74. The molecule has 0 aliphatic rings. The summed E-state index contributed by atoms with van der Waals surface area (Å²) in [6.45, 7) is 1.91. The lowest BCUT2D eigenvalue weighted by molar-refractivity contribution is -0.384. The summed E-state index contributed by atoms with van der Waals surface area (Å²) in [6.07, 6.45) is -0.0411. The number of carbonyl (C=O) groups is 1. The fourth-order valence-electron chi connectivity index (χ4n) is 3.88. The second kappa shape index (κ2) is 9.99. The van der Waals surface area contributed by atoms with Crippen LogP contribution in [0.4, 0.5) is 16.2 Å². The molecule has 0 saturated heterocycles. The molecule has 0 radical (unpaired) electrons. The number of aryl methyl sites for hydroxylation is 2. The zero-order valence-electron chi connectivity index (χ0n) is 19.1. The average Bonchev–Trinajstić information content (AvgIpc) is 2.86. The molecule has 0 aliphatic carbocycles. The Bertz CT molecular complexity index is 1500. The molecule has 1 amide bonds. The number of nitrogens with one attached hydrogen (secondary N) is 1. The molecule has 178 valence electrons. The predicted molar refractivity (Wildman–Crippen MR) is 136 cm³/mol. The van der Waals surface area contributed by atoms with Gasteiger partial charge in [0.2, 0.25) is 0 Å². The van der Waals surface area contributed by atoms with Gasteiger partial charge in [-0.2, -0.15) is 0 Å². The van der Waals surface area contributed by atoms with Gasteiger partial charge in [-0.3, -0.25) is 20.2 Å². The van der Waals surface area contributed by atoms with Crippen molar-refractivity contribution in [3.8, 4) is 11.1 Å². The van der Waals surface area contributed by atoms with E-state index in [1.807, 2.05) is 31.2 Å². The first kappa shape index (κ1) is 24.0. The van der Waals surface area contributed by atoms with Gasteiger partial charge < -0.3 is 9.30 Å². The van der Waals surface area contributed by atoms with Gasteiger partial charge in [-0.15, -0.1) is 0 Å². The third kappa shape index (κ3) is 4.88. The highest BCUT2D eigenvalue weighted by molar-refractivity contribution is 6.34. The molecule has 4 aromatic rings. The topological polar surface area (TPSA) is 103 Å². The summed E-state index contributed by atoms with van der Waals surface area (Å²) >= 11 is 6.51. The van der Waals surface area contributed by atoms with Crippen LogP contribution in [0.2, 0.25) is 5.02 Å². The summed E-state index contributed by atoms with van der Waals surface area (Å²) in [4.78, 5) is 36.4. The summed E-state index contributed by atoms with van der Waals surface area (Å²) in [5, 5.41) is 14.6. The first-order valence-corrected chi connectivity index (χ1v) is 11.3. The number of nitrogens with zero attached hydrogens (tertiary/aromatic N) is 2. The number of hydrogen-bond acceptors (Lipinski definition) is 5. The molecule has 0 atom stereocenters. The molecule has 9 heteroatoms. The van der Waals surface area contributed by atoms with E-state index in [9.17, 15) is 19.7 Å². The summed E-state index contributed by atoms with van der Waals surface area (Å²) in [5.41, 5.74) is 3.03. The maximum absolute atomic E-state index is 13.3. The first-order valence-electron chi connectivity index (χ1n) is 10.9. The predicted octanol–water partition coefficient (Wildman–Crippen LogP) is 6.08. The molecule has 0 aliphatic heterocycles. The molecule has 1 heterocycles. The zero-order chi connectivity index (χ0) is 25.1. The van der Waals surface area contributed by atoms with Crippen LogP contribution in [-0.4, -0.2) is 15.6 Å². The van der Waals surface area contributed by atoms with Crippen LogP contribution in [0.1, 0.15) is 18.1 Å². The van der Waals surface area contributed by atoms with E-state index < -0.39 is 16.6 Å². The molecule has 8 nitrogen and oxygen atoms in total. The number of nitro benzene ring substituents is 1. The number of non-ortho nitro benzene ring substituents is 1. The van der Waals surface area contributed by atoms with Gasteiger partial charge in [0.25, 0.3) is 11.2 Å². The molecule has 0 saturated carbocycles. The normalized spacial score (nSPS) is 10.8. The van der Waals surface area contributed by atoms with Crippen molar-refractivity contribution in [2.45, 2.75) is 20.0 Å². The minimum Gasteiger partial charge on any atom is -0.444 e. The number of benzene rings is 3. The van der Waals surface area contributed by atoms with Crippen LogP contribution < -0.4 is 10.9 Å². The number of nitro groups is 1. The number of halogens is 1. The van der Waals surface area contributed by atoms with Crippen LogP contribution in [0.15, 0.2) is 71.5 Å². The lowest BCUT2D eigenvalue weighted by atomic mass is 9.97. The number of carbonyl (C=O) groups excluding carboxylic acids is 1. The Hall–Kier alpha value is -4.17. The Morgan fingerprint density at radius 2 is 1.77 bits per heavy atom. The summed E-state index contributed by atoms with van der Waals surface area (Å²) in [7, 11) is 1.64. The molecule has 3 aromatic carbocycles. The molecule has 0 bridgehead atoms. The van der Waals surface area contributed by atoms with Gasteiger partial charge in [0.15, 0.2) is 0 Å². The van der Waals surface area contributed by atoms with Crippen LogP contribution in [0, 0.1) is 10.1 Å². The standard InChI is InChI=1S/C26H22ClN3O5/c1-3-16-10-13-22-20(14-16)23(19-6-4-5-7-21(19)27)24(25(31)29(22)2)28-26(32)35-15-17-8-11-18(12-9-17)30(33)34/h4-14H,3,15H2,1-2H3,(H,28,32). The largest absolute Gasteiger partial charge is 0.444 e. The molecular formula is C26H22ClN3O5. The van der Waals surface area contributed by atoms with E-state index in [1.54, 1.807) is 25.2 Å². The van der Waals surface area contributed by atoms with Crippen molar-refractivity contribution in [1.29, 1.82) is 0 Å². The van der Waals surface area contributed by atoms with Gasteiger partial charge >= 0.3 is 6.09 Å². The number of aromatic nitrogens is 1. The molecule has 0 spiro atoms. The van der Waals surface area contributed by atoms with E-state index in [0.717, 1.165) is 17.4 Å². The Kier molecular flexibility index (Phi) is 6.84. The quantitative estimate of drug-likeness (QED) is 0.260. The SMILES string of the molecule is CCc1ccc2c(c1)c(-c1ccccc1Cl)c(NC(=O)OCc1ccc([N+](=O)[O-])cc1)c(=O)n2C. The lowest BCUT2D eigenvalue weighted by Gasteiger charge is -2.18. The van der Waals surface area contributed by atoms with E-state index in [1.165, 1.54) is 28.8 Å². The third-order valence-corrected chi connectivity index (χ3v) is 6.09. The van der Waals surface area contributed by atoms with E-state index in [0.29, 0.717) is 27.2 Å². The Morgan fingerprint density at radius 3 is 2.43 bits per heavy atom. The zero-order valence-corrected chi connectivity index (χ0v) is 19.8. The first-order chi connectivity index (χ1) is 16.8. The van der Waals surface area contributed by atoms with Crippen LogP contribution in [-0.2, 0) is 24.8 Å². The van der Waals surface area contributed by atoms with Gasteiger partial charge in [0.1, 0.15) is 12.3 Å². The summed E-state index contributed by atoms with van der Waals surface area (Å²) in [5.74, 6) is 0. The fraction of sp³-hybridized carbons (Fsp3) is 0.154. The monoisotopic (exact) mass is 491 g/mol. The van der Waals surface area contributed by atoms with Crippen LogP contribution in [0.25, 0.3) is 22.0 Å². The number of rotatable bonds is 6. The molecule has 1 N–H and O–H groups in total. The van der Waals surface area contributed by atoms with E-state index in [4.69, 9.17) is 16.3 Å². The van der Waals surface area contributed by atoms with E-state index in [-0.39, 0.29) is 18.0 Å². The second-order valence-corrected chi connectivity index (χ2v) is 8.33. The smallest absolute Gasteiger partial charge is 0.412 e. The van der Waals surface area contributed by atoms with E-state index >= 15 is 0 Å². The van der Waals surface area contributed by atoms with Crippen molar-refractivity contribution in [3.05, 3.63) is 103 Å². The lowest BCUT2D eigenvalue weighted by Crippen LogP contribution is -2.26. The second-order valence-electron chi connectivity index (χ2n) is 7.92. The fourth-order valence-corrected chi connectivity index (χ4v) is 4.11. The van der Waals surface area contributed by atoms with Crippen molar-refractivity contribution in [1.82, 2.24) is 4.57 Å². The number of hydrogen-bond donors (Lipinski definition) is 1. The summed E-state index contributed by atoms with van der Waals surface area (Å²) in [6, 6.07) is 18.6. The van der Waals surface area contributed by atoms with Gasteiger partial charge in [-0.05, 0) is 47.9 Å². The van der Waals surface area contributed by atoms with Gasteiger partial charge in [-0.25, -0.2) is 4.79 Å². The van der Waals surface area contributed by atoms with Crippen molar-refractivity contribution >= 4 is 40.0 Å². The number of ether oxygens (including phenoxy) is 1. The van der Waals surface area contributed by atoms with Gasteiger partial charge in [-0.1, -0.05) is 42.8 Å². The maximum atomic E-state index is 13.3.